The number of hydrogen-bond acceptors (Lipinski definition) is 5. The summed E-state index contributed by atoms with van der Waals surface area (Å²) in [5.74, 6) is -0.743. The number of aliphatic hydroxyl groups excluding tert-OH is 1. The molecule has 2 aromatic carbocycles. The van der Waals surface area contributed by atoms with Crippen LogP contribution in [0.5, 0.6) is 0 Å². The molecule has 0 saturated carbocycles. The lowest BCUT2D eigenvalue weighted by Gasteiger charge is -2.33. The molecule has 0 radical (unpaired) electrons. The molecule has 36 heavy (non-hydrogen) atoms. The molecule has 1 atom stereocenters. The topological polar surface area (TPSA) is 110 Å². The molecular formula is C26H26ClN3O5S. The second-order valence-corrected chi connectivity index (χ2v) is 11.2. The summed E-state index contributed by atoms with van der Waals surface area (Å²) in [5.41, 5.74) is 1.92. The number of fused-ring (bicyclic) bond motifs is 1. The number of carbonyl (C=O) groups is 3. The number of carbonyl (C=O) groups excluding carboxylic acids is 2. The number of hydrogen-bond donors (Lipinski definition) is 3. The Labute approximate surface area is 217 Å². The van der Waals surface area contributed by atoms with E-state index in [-0.39, 0.29) is 24.9 Å². The Balaban J connectivity index is 1.55. The minimum Gasteiger partial charge on any atom is -0.465 e. The van der Waals surface area contributed by atoms with Crippen molar-refractivity contribution in [3.63, 3.8) is 0 Å². The van der Waals surface area contributed by atoms with E-state index < -0.39 is 17.9 Å². The molecule has 1 unspecified atom stereocenters. The highest BCUT2D eigenvalue weighted by Crippen LogP contribution is 2.38. The summed E-state index contributed by atoms with van der Waals surface area (Å²) in [6.45, 7) is 5.77. The number of halogens is 1. The molecule has 10 heteroatoms. The standard InChI is InChI=1S/C26H26ClN3O5S/c1-26(2,3)30(25(34)35)14-16-7-4-6-15(12-16)13-29-23(32)17-8-5-9-18(21(17)24(29)33)28-22(31)19-10-11-20(27)36-19/h4-12,24,33H,13-14H2,1-3H3,(H,28,31)(H,34,35). The average molecular weight is 528 g/mol. The van der Waals surface area contributed by atoms with Crippen LogP contribution in [-0.4, -0.2) is 43.5 Å². The molecule has 188 valence electrons. The van der Waals surface area contributed by atoms with Crippen LogP contribution in [0, 0.1) is 0 Å². The number of thiophene rings is 1. The normalized spacial score (nSPS) is 15.1. The molecule has 2 heterocycles. The minimum atomic E-state index is -1.26. The van der Waals surface area contributed by atoms with Gasteiger partial charge in [0.25, 0.3) is 11.8 Å². The summed E-state index contributed by atoms with van der Waals surface area (Å²) in [6.07, 6.45) is -2.28. The summed E-state index contributed by atoms with van der Waals surface area (Å²) in [4.78, 5) is 40.6. The Kier molecular flexibility index (Phi) is 7.08. The van der Waals surface area contributed by atoms with Crippen molar-refractivity contribution < 1.29 is 24.6 Å². The minimum absolute atomic E-state index is 0.110. The number of rotatable bonds is 6. The first-order valence-corrected chi connectivity index (χ1v) is 12.4. The van der Waals surface area contributed by atoms with Gasteiger partial charge in [-0.1, -0.05) is 41.9 Å². The average Bonchev–Trinajstić information content (AvgIpc) is 3.35. The zero-order valence-electron chi connectivity index (χ0n) is 20.0. The van der Waals surface area contributed by atoms with Crippen LogP contribution in [0.4, 0.5) is 10.5 Å². The van der Waals surface area contributed by atoms with Gasteiger partial charge in [-0.3, -0.25) is 14.5 Å². The second kappa shape index (κ2) is 9.93. The Hall–Kier alpha value is -3.40. The van der Waals surface area contributed by atoms with E-state index in [4.69, 9.17) is 11.6 Å². The zero-order chi connectivity index (χ0) is 26.2. The van der Waals surface area contributed by atoms with Crippen molar-refractivity contribution in [3.05, 3.63) is 86.1 Å². The van der Waals surface area contributed by atoms with Crippen molar-refractivity contribution in [2.75, 3.05) is 5.32 Å². The molecule has 0 aliphatic carbocycles. The third-order valence-electron chi connectivity index (χ3n) is 5.92. The predicted molar refractivity (Wildman–Crippen MR) is 138 cm³/mol. The summed E-state index contributed by atoms with van der Waals surface area (Å²) in [5, 5.41) is 23.5. The van der Waals surface area contributed by atoms with Crippen molar-refractivity contribution in [1.29, 1.82) is 0 Å². The number of benzene rings is 2. The molecule has 1 aromatic heterocycles. The van der Waals surface area contributed by atoms with Gasteiger partial charge in [-0.15, -0.1) is 11.3 Å². The van der Waals surface area contributed by atoms with Crippen LogP contribution in [0.15, 0.2) is 54.6 Å². The number of amides is 3. The number of carboxylic acid groups (broad SMARTS) is 1. The van der Waals surface area contributed by atoms with E-state index in [0.717, 1.165) is 22.5 Å². The van der Waals surface area contributed by atoms with Crippen LogP contribution < -0.4 is 5.32 Å². The van der Waals surface area contributed by atoms with Crippen LogP contribution >= 0.6 is 22.9 Å². The van der Waals surface area contributed by atoms with Crippen molar-refractivity contribution in [1.82, 2.24) is 9.80 Å². The van der Waals surface area contributed by atoms with Crippen molar-refractivity contribution in [2.45, 2.75) is 45.6 Å². The van der Waals surface area contributed by atoms with Gasteiger partial charge in [0, 0.05) is 35.4 Å². The molecule has 0 fully saturated rings. The highest BCUT2D eigenvalue weighted by atomic mass is 35.5. The third kappa shape index (κ3) is 5.23. The molecule has 3 aromatic rings. The maximum atomic E-state index is 13.2. The van der Waals surface area contributed by atoms with Gasteiger partial charge in [0.15, 0.2) is 6.23 Å². The Bertz CT molecular complexity index is 1330. The second-order valence-electron chi connectivity index (χ2n) is 9.49. The molecule has 0 saturated heterocycles. The molecule has 8 nitrogen and oxygen atoms in total. The summed E-state index contributed by atoms with van der Waals surface area (Å²) < 4.78 is 0.482. The van der Waals surface area contributed by atoms with Crippen molar-refractivity contribution in [2.24, 2.45) is 0 Å². The van der Waals surface area contributed by atoms with Crippen LogP contribution in [0.3, 0.4) is 0 Å². The Morgan fingerprint density at radius 1 is 1.11 bits per heavy atom. The van der Waals surface area contributed by atoms with Gasteiger partial charge in [-0.25, -0.2) is 4.79 Å². The number of nitrogens with zero attached hydrogens (tertiary/aromatic N) is 2. The first-order chi connectivity index (χ1) is 17.0. The fraction of sp³-hybridized carbons (Fsp3) is 0.269. The fourth-order valence-corrected chi connectivity index (χ4v) is 5.07. The molecule has 1 aliphatic heterocycles. The third-order valence-corrected chi connectivity index (χ3v) is 7.15. The van der Waals surface area contributed by atoms with Crippen molar-refractivity contribution in [3.8, 4) is 0 Å². The van der Waals surface area contributed by atoms with Gasteiger partial charge < -0.3 is 20.4 Å². The van der Waals surface area contributed by atoms with Crippen LogP contribution in [0.25, 0.3) is 0 Å². The highest BCUT2D eigenvalue weighted by molar-refractivity contribution is 7.18. The lowest BCUT2D eigenvalue weighted by Crippen LogP contribution is -2.44. The Morgan fingerprint density at radius 2 is 1.81 bits per heavy atom. The summed E-state index contributed by atoms with van der Waals surface area (Å²) in [7, 11) is 0. The van der Waals surface area contributed by atoms with Gasteiger partial charge in [-0.05, 0) is 56.2 Å². The smallest absolute Gasteiger partial charge is 0.408 e. The van der Waals surface area contributed by atoms with Gasteiger partial charge in [-0.2, -0.15) is 0 Å². The van der Waals surface area contributed by atoms with Gasteiger partial charge >= 0.3 is 6.09 Å². The zero-order valence-corrected chi connectivity index (χ0v) is 21.6. The quantitative estimate of drug-likeness (QED) is 0.387. The van der Waals surface area contributed by atoms with E-state index in [0.29, 0.717) is 26.0 Å². The Morgan fingerprint density at radius 3 is 2.44 bits per heavy atom. The lowest BCUT2D eigenvalue weighted by atomic mass is 10.0. The molecular weight excluding hydrogens is 502 g/mol. The fourth-order valence-electron chi connectivity index (χ4n) is 4.14. The largest absolute Gasteiger partial charge is 0.465 e. The lowest BCUT2D eigenvalue weighted by molar-refractivity contribution is 0.0140. The van der Waals surface area contributed by atoms with Crippen LogP contribution in [0.2, 0.25) is 4.34 Å². The monoisotopic (exact) mass is 527 g/mol. The molecule has 4 rings (SSSR count). The molecule has 0 bridgehead atoms. The van der Waals surface area contributed by atoms with E-state index in [2.05, 4.69) is 5.32 Å². The predicted octanol–water partition coefficient (Wildman–Crippen LogP) is 5.58. The van der Waals surface area contributed by atoms with E-state index in [1.165, 1.54) is 9.80 Å². The number of anilines is 1. The van der Waals surface area contributed by atoms with Gasteiger partial charge in [0.1, 0.15) is 0 Å². The maximum absolute atomic E-state index is 13.2. The summed E-state index contributed by atoms with van der Waals surface area (Å²) in [6, 6.07) is 15.4. The first-order valence-electron chi connectivity index (χ1n) is 11.2. The van der Waals surface area contributed by atoms with Crippen LogP contribution in [-0.2, 0) is 13.1 Å². The molecule has 1 aliphatic rings. The SMILES string of the molecule is CC(C)(C)N(Cc1cccc(CN2C(=O)c3cccc(NC(=O)c4ccc(Cl)s4)c3C2O)c1)C(=O)O. The molecule has 0 spiro atoms. The molecule has 3 amide bonds. The van der Waals surface area contributed by atoms with E-state index in [9.17, 15) is 24.6 Å². The highest BCUT2D eigenvalue weighted by Gasteiger charge is 2.38. The van der Waals surface area contributed by atoms with Gasteiger partial charge in [0.2, 0.25) is 0 Å². The number of aliphatic hydroxyl groups is 1. The first kappa shape index (κ1) is 25.7. The van der Waals surface area contributed by atoms with E-state index in [1.54, 1.807) is 36.4 Å². The summed E-state index contributed by atoms with van der Waals surface area (Å²) >= 11 is 7.07. The van der Waals surface area contributed by atoms with Crippen LogP contribution in [0.1, 0.15) is 63.7 Å². The molecule has 3 N–H and O–H groups in total. The van der Waals surface area contributed by atoms with E-state index >= 15 is 0 Å². The van der Waals surface area contributed by atoms with Gasteiger partial charge in [0.05, 0.1) is 9.21 Å². The number of nitrogens with one attached hydrogen (secondary N) is 1. The van der Waals surface area contributed by atoms with E-state index in [1.807, 2.05) is 39.0 Å². The van der Waals surface area contributed by atoms with Crippen molar-refractivity contribution >= 4 is 46.5 Å². The maximum Gasteiger partial charge on any atom is 0.408 e.